The van der Waals surface area contributed by atoms with Gasteiger partial charge in [-0.1, -0.05) is 105 Å². The van der Waals surface area contributed by atoms with Crippen molar-refractivity contribution in [3.05, 3.63) is 89.5 Å². The fourth-order valence-corrected chi connectivity index (χ4v) is 9.97. The van der Waals surface area contributed by atoms with Gasteiger partial charge in [-0.15, -0.1) is 0 Å². The van der Waals surface area contributed by atoms with Crippen LogP contribution < -0.4 is 15.9 Å². The van der Waals surface area contributed by atoms with E-state index in [1.165, 1.54) is 32.6 Å². The van der Waals surface area contributed by atoms with Crippen molar-refractivity contribution in [2.24, 2.45) is 17.8 Å². The largest absolute Gasteiger partial charge is 0.743 e. The van der Waals surface area contributed by atoms with Crippen LogP contribution >= 0.6 is 7.92 Å². The Morgan fingerprint density at radius 3 is 1.15 bits per heavy atom. The van der Waals surface area contributed by atoms with Crippen molar-refractivity contribution >= 4 is 34.0 Å². The lowest BCUT2D eigenvalue weighted by molar-refractivity contribution is -0.202. The van der Waals surface area contributed by atoms with Crippen LogP contribution in [0.3, 0.4) is 0 Å². The smallest absolute Gasteiger partial charge is 0.396 e. The molecule has 264 valence electrons. The molecule has 2 aliphatic rings. The van der Waals surface area contributed by atoms with Crippen molar-refractivity contribution in [3.8, 4) is 0 Å². The summed E-state index contributed by atoms with van der Waals surface area (Å²) in [5, 5.41) is -1.17. The zero-order valence-electron chi connectivity index (χ0n) is 29.6. The molecule has 48 heavy (non-hydrogen) atoms. The minimum atomic E-state index is -6.35. The van der Waals surface area contributed by atoms with Gasteiger partial charge in [-0.05, 0) is 100 Å². The molecule has 0 aliphatic heterocycles. The second-order valence-electron chi connectivity index (χ2n) is 16.7. The normalized spacial score (nSPS) is 20.5. The molecule has 5 rings (SSSR count). The molecule has 0 radical (unpaired) electrons. The minimum absolute atomic E-state index is 0.0407. The third kappa shape index (κ3) is 8.19. The van der Waals surface area contributed by atoms with Crippen LogP contribution in [0, 0.1) is 17.8 Å². The van der Waals surface area contributed by atoms with E-state index in [0.29, 0.717) is 19.3 Å². The molecule has 2 fully saturated rings. The standard InChI is InChI=1S/C30H39P.C9H12F4O3S/c1-28(2,3)22-10-16-25(17-11-22)31(26-18-12-23(13-19-26)29(4,5)6)27-20-14-24(15-21-27)30(7,8)9;10-8(11,9(12,13)17(14,15)16)7-4-5-1-2-6(7)3-5/h10-21H,1-9H3;5-7H,1-4H2,(H,14,15,16). The maximum atomic E-state index is 13.5. The van der Waals surface area contributed by atoms with Gasteiger partial charge in [0.1, 0.15) is 15.9 Å². The number of fused-ring (bicyclic) bond motifs is 2. The number of rotatable bonds is 6. The quantitative estimate of drug-likeness (QED) is 0.146. The van der Waals surface area contributed by atoms with E-state index >= 15 is 0 Å². The van der Waals surface area contributed by atoms with E-state index in [9.17, 15) is 30.5 Å². The third-order valence-electron chi connectivity index (χ3n) is 10.0. The molecule has 2 saturated carbocycles. The Morgan fingerprint density at radius 2 is 0.917 bits per heavy atom. The third-order valence-corrected chi connectivity index (χ3v) is 13.7. The number of alkyl halides is 4. The van der Waals surface area contributed by atoms with Crippen molar-refractivity contribution in [3.63, 3.8) is 0 Å². The molecule has 3 aromatic carbocycles. The molecule has 0 amide bonds. The van der Waals surface area contributed by atoms with Gasteiger partial charge in [0.25, 0.3) is 0 Å². The predicted molar refractivity (Wildman–Crippen MR) is 191 cm³/mol. The van der Waals surface area contributed by atoms with Gasteiger partial charge in [0.05, 0.1) is 7.92 Å². The van der Waals surface area contributed by atoms with Gasteiger partial charge in [-0.2, -0.15) is 17.6 Å². The molecule has 2 aliphatic carbocycles. The molecular formula is C39H51F4O3PS. The Bertz CT molecular complexity index is 1510. The highest BCUT2D eigenvalue weighted by Crippen LogP contribution is 2.58. The zero-order chi connectivity index (χ0) is 36.1. The lowest BCUT2D eigenvalue weighted by Gasteiger charge is -2.36. The molecule has 3 nitrogen and oxygen atoms in total. The minimum Gasteiger partial charge on any atom is -0.743 e. The summed E-state index contributed by atoms with van der Waals surface area (Å²) in [6, 6.07) is 28.2. The summed E-state index contributed by atoms with van der Waals surface area (Å²) in [7, 11) is -7.41. The van der Waals surface area contributed by atoms with E-state index in [1.807, 2.05) is 0 Å². The summed E-state index contributed by atoms with van der Waals surface area (Å²) in [4.78, 5) is 0. The lowest BCUT2D eigenvalue weighted by atomic mass is 9.84. The fraction of sp³-hybridized carbons (Fsp3) is 0.538. The first kappa shape index (κ1) is 38.5. The molecule has 0 aromatic heterocycles. The van der Waals surface area contributed by atoms with E-state index in [2.05, 4.69) is 135 Å². The predicted octanol–water partition coefficient (Wildman–Crippen LogP) is 9.27. The van der Waals surface area contributed by atoms with E-state index in [4.69, 9.17) is 0 Å². The highest BCUT2D eigenvalue weighted by molar-refractivity contribution is 7.86. The zero-order valence-corrected chi connectivity index (χ0v) is 31.5. The van der Waals surface area contributed by atoms with Crippen LogP contribution in [0.15, 0.2) is 72.8 Å². The van der Waals surface area contributed by atoms with E-state index < -0.39 is 41.1 Å². The number of hydrogen-bond acceptors (Lipinski definition) is 3. The molecule has 3 atom stereocenters. The topological polar surface area (TPSA) is 57.2 Å². The fourth-order valence-electron chi connectivity index (χ4n) is 6.98. The Labute approximate surface area is 286 Å². The molecule has 3 unspecified atom stereocenters. The highest BCUT2D eigenvalue weighted by atomic mass is 32.2. The molecule has 2 bridgehead atoms. The SMILES string of the molecule is CC(C)(C)c1ccc([PH+](c2ccc(C(C)(C)C)cc2)c2ccc(C(C)(C)C)cc2)cc1.O=S(=O)([O-])C(F)(F)C(F)(F)C1CC2CCC1C2. The van der Waals surface area contributed by atoms with Crippen molar-refractivity contribution in [1.29, 1.82) is 0 Å². The van der Waals surface area contributed by atoms with Crippen LogP contribution in [-0.4, -0.2) is 24.1 Å². The van der Waals surface area contributed by atoms with Crippen molar-refractivity contribution in [2.75, 3.05) is 0 Å². The molecule has 9 heteroatoms. The van der Waals surface area contributed by atoms with Crippen LogP contribution in [0.2, 0.25) is 0 Å². The average Bonchev–Trinajstić information content (AvgIpc) is 3.61. The van der Waals surface area contributed by atoms with Crippen LogP contribution in [0.25, 0.3) is 0 Å². The van der Waals surface area contributed by atoms with Crippen LogP contribution in [0.5, 0.6) is 0 Å². The molecule has 0 saturated heterocycles. The van der Waals surface area contributed by atoms with E-state index in [0.717, 1.165) is 0 Å². The van der Waals surface area contributed by atoms with Crippen molar-refractivity contribution < 1.29 is 30.5 Å². The maximum absolute atomic E-state index is 13.5. The van der Waals surface area contributed by atoms with Gasteiger partial charge in [0.15, 0.2) is 10.1 Å². The number of halogens is 4. The van der Waals surface area contributed by atoms with Crippen molar-refractivity contribution in [1.82, 2.24) is 0 Å². The Morgan fingerprint density at radius 1 is 0.583 bits per heavy atom. The van der Waals surface area contributed by atoms with Gasteiger partial charge >= 0.3 is 11.2 Å². The van der Waals surface area contributed by atoms with Gasteiger partial charge in [-0.25, -0.2) is 8.42 Å². The Kier molecular flexibility index (Phi) is 10.8. The van der Waals surface area contributed by atoms with Gasteiger partial charge in [0.2, 0.25) is 0 Å². The first-order chi connectivity index (χ1) is 21.8. The van der Waals surface area contributed by atoms with Crippen LogP contribution in [0.4, 0.5) is 17.6 Å². The summed E-state index contributed by atoms with van der Waals surface area (Å²) in [5.74, 6) is -7.10. The molecule has 0 spiro atoms. The summed E-state index contributed by atoms with van der Waals surface area (Å²) in [5.41, 5.74) is 4.70. The summed E-state index contributed by atoms with van der Waals surface area (Å²) >= 11 is 0. The molecule has 0 heterocycles. The molecule has 3 aromatic rings. The van der Waals surface area contributed by atoms with Crippen LogP contribution in [-0.2, 0) is 26.4 Å². The highest BCUT2D eigenvalue weighted by Gasteiger charge is 2.68. The second-order valence-corrected chi connectivity index (χ2v) is 20.6. The molecular weight excluding hydrogens is 655 g/mol. The van der Waals surface area contributed by atoms with Crippen molar-refractivity contribution in [2.45, 2.75) is 115 Å². The van der Waals surface area contributed by atoms with Gasteiger partial charge < -0.3 is 4.55 Å². The number of hydrogen-bond donors (Lipinski definition) is 0. The first-order valence-corrected chi connectivity index (χ1v) is 19.7. The second kappa shape index (κ2) is 13.5. The summed E-state index contributed by atoms with van der Waals surface area (Å²) in [6.45, 7) is 20.5. The number of benzene rings is 3. The van der Waals surface area contributed by atoms with Crippen LogP contribution in [0.1, 0.15) is 105 Å². The van der Waals surface area contributed by atoms with Gasteiger partial charge in [-0.3, -0.25) is 0 Å². The van der Waals surface area contributed by atoms with E-state index in [-0.39, 0.29) is 28.6 Å². The summed E-state index contributed by atoms with van der Waals surface area (Å²) in [6.07, 6.45) is 1.42. The Hall–Kier alpha value is -2.28. The first-order valence-electron chi connectivity index (χ1n) is 16.7. The monoisotopic (exact) mass is 706 g/mol. The van der Waals surface area contributed by atoms with Gasteiger partial charge in [0, 0.05) is 5.92 Å². The maximum Gasteiger partial charge on any atom is 0.396 e. The summed E-state index contributed by atoms with van der Waals surface area (Å²) < 4.78 is 84.0. The van der Waals surface area contributed by atoms with E-state index in [1.54, 1.807) is 0 Å². The molecule has 0 N–H and O–H groups in total. The Balaban J connectivity index is 0.000000257. The average molecular weight is 707 g/mol. The lowest BCUT2D eigenvalue weighted by Crippen LogP contribution is -2.52.